The van der Waals surface area contributed by atoms with Crippen molar-refractivity contribution in [2.45, 2.75) is 70.0 Å². The van der Waals surface area contributed by atoms with Crippen LogP contribution in [0, 0.1) is 13.8 Å². The second kappa shape index (κ2) is 12.9. The smallest absolute Gasteiger partial charge is 0.264 e. The zero-order valence-electron chi connectivity index (χ0n) is 23.1. The molecule has 1 N–H and O–H groups in total. The van der Waals surface area contributed by atoms with Crippen molar-refractivity contribution >= 4 is 39.1 Å². The molecule has 1 aliphatic rings. The molecule has 0 radical (unpaired) electrons. The third kappa shape index (κ3) is 7.04. The number of aryl methyl sites for hydroxylation is 2. The Balaban J connectivity index is 1.69. The van der Waals surface area contributed by atoms with Crippen molar-refractivity contribution in [3.8, 4) is 0 Å². The van der Waals surface area contributed by atoms with E-state index in [4.69, 9.17) is 11.6 Å². The lowest BCUT2D eigenvalue weighted by Gasteiger charge is -2.33. The highest BCUT2D eigenvalue weighted by molar-refractivity contribution is 7.92. The van der Waals surface area contributed by atoms with Crippen molar-refractivity contribution in [2.75, 3.05) is 10.8 Å². The van der Waals surface area contributed by atoms with E-state index in [2.05, 4.69) is 5.32 Å². The molecular weight excluding hydrogens is 546 g/mol. The Morgan fingerprint density at radius 2 is 1.57 bits per heavy atom. The van der Waals surface area contributed by atoms with Crippen LogP contribution in [0.1, 0.15) is 49.3 Å². The Hall–Kier alpha value is -3.36. The molecule has 0 saturated heterocycles. The van der Waals surface area contributed by atoms with Gasteiger partial charge in [0, 0.05) is 17.6 Å². The summed E-state index contributed by atoms with van der Waals surface area (Å²) in [6.45, 7) is 5.04. The van der Waals surface area contributed by atoms with Crippen LogP contribution in [0.4, 0.5) is 5.69 Å². The van der Waals surface area contributed by atoms with Gasteiger partial charge in [-0.15, -0.1) is 0 Å². The third-order valence-electron chi connectivity index (χ3n) is 7.41. The maximum absolute atomic E-state index is 14.0. The van der Waals surface area contributed by atoms with Crippen LogP contribution in [0.5, 0.6) is 0 Å². The number of rotatable bonds is 10. The molecule has 0 heterocycles. The van der Waals surface area contributed by atoms with E-state index in [0.29, 0.717) is 16.3 Å². The molecule has 1 saturated carbocycles. The van der Waals surface area contributed by atoms with Crippen LogP contribution < -0.4 is 9.62 Å². The number of carbonyl (C=O) groups excluding carboxylic acids is 2. The summed E-state index contributed by atoms with van der Waals surface area (Å²) >= 11 is 6.07. The summed E-state index contributed by atoms with van der Waals surface area (Å²) in [7, 11) is -4.10. The first-order chi connectivity index (χ1) is 19.1. The van der Waals surface area contributed by atoms with Crippen LogP contribution in [0.3, 0.4) is 0 Å². The minimum absolute atomic E-state index is 0.0884. The monoisotopic (exact) mass is 581 g/mol. The van der Waals surface area contributed by atoms with E-state index in [1.54, 1.807) is 80.6 Å². The lowest BCUT2D eigenvalue weighted by Crippen LogP contribution is -2.52. The normalized spacial score (nSPS) is 14.5. The van der Waals surface area contributed by atoms with Crippen LogP contribution in [-0.2, 0) is 26.2 Å². The van der Waals surface area contributed by atoms with Gasteiger partial charge in [-0.2, -0.15) is 0 Å². The second-order valence-corrected chi connectivity index (χ2v) is 12.7. The van der Waals surface area contributed by atoms with Crippen molar-refractivity contribution in [3.63, 3.8) is 0 Å². The van der Waals surface area contributed by atoms with Crippen LogP contribution in [0.15, 0.2) is 77.7 Å². The lowest BCUT2D eigenvalue weighted by molar-refractivity contribution is -0.139. The van der Waals surface area contributed by atoms with E-state index >= 15 is 0 Å². The molecule has 3 aromatic rings. The van der Waals surface area contributed by atoms with Crippen LogP contribution >= 0.6 is 11.6 Å². The summed E-state index contributed by atoms with van der Waals surface area (Å²) in [4.78, 5) is 28.9. The first-order valence-corrected chi connectivity index (χ1v) is 15.4. The molecule has 9 heteroatoms. The molecule has 3 aromatic carbocycles. The number of benzene rings is 3. The molecule has 2 amide bonds. The SMILES string of the molecule is Cc1ccc(S(=O)(=O)N(CC(=O)N(Cc2ccc(Cl)cc2)[C@@H](C)C(=O)NC2CCCC2)c2ccccc2C)cc1. The van der Waals surface area contributed by atoms with Gasteiger partial charge in [-0.3, -0.25) is 13.9 Å². The molecule has 0 aromatic heterocycles. The third-order valence-corrected chi connectivity index (χ3v) is 9.43. The highest BCUT2D eigenvalue weighted by Gasteiger charge is 2.33. The molecule has 1 fully saturated rings. The summed E-state index contributed by atoms with van der Waals surface area (Å²) in [5.74, 6) is -0.735. The van der Waals surface area contributed by atoms with Gasteiger partial charge in [-0.1, -0.05) is 72.5 Å². The number of amides is 2. The second-order valence-electron chi connectivity index (χ2n) is 10.4. The number of carbonyl (C=O) groups is 2. The standard InChI is InChI=1S/C31H36ClN3O4S/c1-22-12-18-28(19-13-22)40(38,39)35(29-11-7-4-8-23(29)2)21-30(36)34(20-25-14-16-26(32)17-15-25)24(3)31(37)33-27-9-5-6-10-27/h4,7-8,11-19,24,27H,5-6,9-10,20-21H2,1-3H3,(H,33,37)/t24-/m0/s1. The fourth-order valence-electron chi connectivity index (χ4n) is 4.96. The van der Waals surface area contributed by atoms with Crippen molar-refractivity contribution < 1.29 is 18.0 Å². The first-order valence-electron chi connectivity index (χ1n) is 13.6. The van der Waals surface area contributed by atoms with Gasteiger partial charge in [0.05, 0.1) is 10.6 Å². The molecule has 40 heavy (non-hydrogen) atoms. The fraction of sp³-hybridized carbons (Fsp3) is 0.355. The summed E-state index contributed by atoms with van der Waals surface area (Å²) in [6.07, 6.45) is 3.96. The Bertz CT molecular complexity index is 1440. The summed E-state index contributed by atoms with van der Waals surface area (Å²) < 4.78 is 29.0. The number of anilines is 1. The van der Waals surface area contributed by atoms with Crippen LogP contribution in [0.2, 0.25) is 5.02 Å². The zero-order valence-corrected chi connectivity index (χ0v) is 24.7. The predicted octanol–water partition coefficient (Wildman–Crippen LogP) is 5.63. The van der Waals surface area contributed by atoms with E-state index in [-0.39, 0.29) is 23.4 Å². The Morgan fingerprint density at radius 1 is 0.950 bits per heavy atom. The highest BCUT2D eigenvalue weighted by Crippen LogP contribution is 2.28. The molecule has 7 nitrogen and oxygen atoms in total. The number of nitrogens with one attached hydrogen (secondary N) is 1. The van der Waals surface area contributed by atoms with Gasteiger partial charge in [0.15, 0.2) is 0 Å². The van der Waals surface area contributed by atoms with E-state index in [0.717, 1.165) is 41.1 Å². The van der Waals surface area contributed by atoms with Gasteiger partial charge in [-0.05, 0) is 75.1 Å². The van der Waals surface area contributed by atoms with Crippen molar-refractivity contribution in [2.24, 2.45) is 0 Å². The number of halogens is 1. The van der Waals surface area contributed by atoms with E-state index in [9.17, 15) is 18.0 Å². The zero-order chi connectivity index (χ0) is 28.9. The van der Waals surface area contributed by atoms with Gasteiger partial charge < -0.3 is 10.2 Å². The summed E-state index contributed by atoms with van der Waals surface area (Å²) in [5.41, 5.74) is 2.82. The fourth-order valence-corrected chi connectivity index (χ4v) is 6.56. The van der Waals surface area contributed by atoms with Gasteiger partial charge in [-0.25, -0.2) is 8.42 Å². The van der Waals surface area contributed by atoms with Crippen molar-refractivity contribution in [3.05, 3.63) is 94.5 Å². The Labute approximate surface area is 242 Å². The number of sulfonamides is 1. The maximum atomic E-state index is 14.0. The average molecular weight is 582 g/mol. The molecule has 1 atom stereocenters. The minimum atomic E-state index is -4.10. The van der Waals surface area contributed by atoms with E-state index < -0.39 is 28.5 Å². The molecule has 1 aliphatic carbocycles. The molecular formula is C31H36ClN3O4S. The maximum Gasteiger partial charge on any atom is 0.264 e. The van der Waals surface area contributed by atoms with Gasteiger partial charge in [0.1, 0.15) is 12.6 Å². The molecule has 0 aliphatic heterocycles. The first kappa shape index (κ1) is 29.6. The van der Waals surface area contributed by atoms with Crippen LogP contribution in [0.25, 0.3) is 0 Å². The Morgan fingerprint density at radius 3 is 2.20 bits per heavy atom. The highest BCUT2D eigenvalue weighted by atomic mass is 35.5. The van der Waals surface area contributed by atoms with Gasteiger partial charge in [0.25, 0.3) is 10.0 Å². The van der Waals surface area contributed by atoms with E-state index in [1.165, 1.54) is 4.90 Å². The van der Waals surface area contributed by atoms with E-state index in [1.807, 2.05) is 13.0 Å². The lowest BCUT2D eigenvalue weighted by atomic mass is 10.1. The van der Waals surface area contributed by atoms with Crippen LogP contribution in [-0.4, -0.2) is 43.8 Å². The molecule has 0 bridgehead atoms. The van der Waals surface area contributed by atoms with Crippen molar-refractivity contribution in [1.29, 1.82) is 0 Å². The van der Waals surface area contributed by atoms with Crippen molar-refractivity contribution in [1.82, 2.24) is 10.2 Å². The van der Waals surface area contributed by atoms with Gasteiger partial charge in [0.2, 0.25) is 11.8 Å². The van der Waals surface area contributed by atoms with Gasteiger partial charge >= 0.3 is 0 Å². The predicted molar refractivity (Wildman–Crippen MR) is 159 cm³/mol. The minimum Gasteiger partial charge on any atom is -0.352 e. The summed E-state index contributed by atoms with van der Waals surface area (Å²) in [5, 5.41) is 3.64. The molecule has 0 spiro atoms. The Kier molecular flexibility index (Phi) is 9.53. The topological polar surface area (TPSA) is 86.8 Å². The average Bonchev–Trinajstić information content (AvgIpc) is 3.44. The number of nitrogens with zero attached hydrogens (tertiary/aromatic N) is 2. The summed E-state index contributed by atoms with van der Waals surface area (Å²) in [6, 6.07) is 19.9. The number of hydrogen-bond donors (Lipinski definition) is 1. The molecule has 212 valence electrons. The quantitative estimate of drug-likeness (QED) is 0.336. The largest absolute Gasteiger partial charge is 0.352 e. The number of hydrogen-bond acceptors (Lipinski definition) is 4. The molecule has 4 rings (SSSR count). The molecule has 0 unspecified atom stereocenters. The number of para-hydroxylation sites is 1.